The van der Waals surface area contributed by atoms with Gasteiger partial charge in [0.05, 0.1) is 10.9 Å². The van der Waals surface area contributed by atoms with Gasteiger partial charge in [-0.2, -0.15) is 0 Å². The summed E-state index contributed by atoms with van der Waals surface area (Å²) in [6.45, 7) is 4.62. The van der Waals surface area contributed by atoms with Crippen molar-refractivity contribution < 1.29 is 9.32 Å². The van der Waals surface area contributed by atoms with Gasteiger partial charge in [-0.05, 0) is 31.9 Å². The molecule has 1 atom stereocenters. The molecule has 1 unspecified atom stereocenters. The topological polar surface area (TPSA) is 46.3 Å². The Morgan fingerprint density at radius 2 is 2.29 bits per heavy atom. The van der Waals surface area contributed by atoms with Gasteiger partial charge in [0, 0.05) is 24.1 Å². The SMILES string of the molecule is Cc1cc(CSC(C)C(=O)N2CCc3ccccc32)no1. The van der Waals surface area contributed by atoms with Crippen molar-refractivity contribution in [2.45, 2.75) is 31.3 Å². The highest BCUT2D eigenvalue weighted by Crippen LogP contribution is 2.30. The van der Waals surface area contributed by atoms with Gasteiger partial charge in [0.15, 0.2) is 0 Å². The smallest absolute Gasteiger partial charge is 0.239 e. The second-order valence-electron chi connectivity index (χ2n) is 5.25. The Morgan fingerprint density at radius 1 is 1.48 bits per heavy atom. The largest absolute Gasteiger partial charge is 0.361 e. The number of hydrogen-bond donors (Lipinski definition) is 0. The molecular weight excluding hydrogens is 284 g/mol. The number of carbonyl (C=O) groups is 1. The fraction of sp³-hybridized carbons (Fsp3) is 0.375. The number of benzene rings is 1. The Hall–Kier alpha value is -1.75. The standard InChI is InChI=1S/C16H18N2O2S/c1-11-9-14(17-20-11)10-21-12(2)16(19)18-8-7-13-5-3-4-6-15(13)18/h3-6,9,12H,7-8,10H2,1-2H3. The van der Waals surface area contributed by atoms with E-state index in [1.165, 1.54) is 5.56 Å². The molecule has 1 aliphatic heterocycles. The van der Waals surface area contributed by atoms with Gasteiger partial charge in [0.1, 0.15) is 5.76 Å². The van der Waals surface area contributed by atoms with Crippen LogP contribution in [0.2, 0.25) is 0 Å². The number of amides is 1. The summed E-state index contributed by atoms with van der Waals surface area (Å²) in [6, 6.07) is 10.0. The molecule has 0 fully saturated rings. The van der Waals surface area contributed by atoms with Crippen molar-refractivity contribution in [2.24, 2.45) is 0 Å². The first kappa shape index (κ1) is 14.2. The molecule has 21 heavy (non-hydrogen) atoms. The van der Waals surface area contributed by atoms with Crippen molar-refractivity contribution in [3.05, 3.63) is 47.3 Å². The number of para-hydroxylation sites is 1. The molecule has 3 rings (SSSR count). The lowest BCUT2D eigenvalue weighted by molar-refractivity contribution is -0.117. The quantitative estimate of drug-likeness (QED) is 0.870. The maximum absolute atomic E-state index is 12.6. The van der Waals surface area contributed by atoms with E-state index in [4.69, 9.17) is 4.52 Å². The lowest BCUT2D eigenvalue weighted by atomic mass is 10.2. The Labute approximate surface area is 128 Å². The summed E-state index contributed by atoms with van der Waals surface area (Å²) in [5.41, 5.74) is 3.21. The predicted molar refractivity (Wildman–Crippen MR) is 84.5 cm³/mol. The third kappa shape index (κ3) is 2.97. The highest BCUT2D eigenvalue weighted by Gasteiger charge is 2.27. The van der Waals surface area contributed by atoms with Crippen molar-refractivity contribution in [1.29, 1.82) is 0 Å². The van der Waals surface area contributed by atoms with Gasteiger partial charge in [-0.15, -0.1) is 11.8 Å². The molecule has 4 nitrogen and oxygen atoms in total. The zero-order valence-corrected chi connectivity index (χ0v) is 13.0. The van der Waals surface area contributed by atoms with Crippen LogP contribution >= 0.6 is 11.8 Å². The fourth-order valence-corrected chi connectivity index (χ4v) is 3.38. The van der Waals surface area contributed by atoms with Crippen LogP contribution in [0.3, 0.4) is 0 Å². The summed E-state index contributed by atoms with van der Waals surface area (Å²) < 4.78 is 5.04. The highest BCUT2D eigenvalue weighted by molar-refractivity contribution is 7.99. The molecule has 0 saturated heterocycles. The average Bonchev–Trinajstić information content (AvgIpc) is 3.10. The molecule has 5 heteroatoms. The van der Waals surface area contributed by atoms with Crippen LogP contribution in [0.1, 0.15) is 23.9 Å². The van der Waals surface area contributed by atoms with E-state index in [1.54, 1.807) is 11.8 Å². The molecule has 2 aromatic rings. The van der Waals surface area contributed by atoms with E-state index in [9.17, 15) is 4.79 Å². The first-order valence-corrected chi connectivity index (χ1v) is 8.13. The number of carbonyl (C=O) groups excluding carboxylic acids is 1. The number of thioether (sulfide) groups is 1. The molecule has 1 aliphatic rings. The first-order chi connectivity index (χ1) is 10.1. The van der Waals surface area contributed by atoms with Gasteiger partial charge in [-0.1, -0.05) is 23.4 Å². The normalized spacial score (nSPS) is 15.0. The summed E-state index contributed by atoms with van der Waals surface area (Å²) in [4.78, 5) is 14.5. The predicted octanol–water partition coefficient (Wildman–Crippen LogP) is 3.19. The molecule has 1 aromatic heterocycles. The van der Waals surface area contributed by atoms with Crippen LogP contribution in [0, 0.1) is 6.92 Å². The van der Waals surface area contributed by atoms with Gasteiger partial charge in [-0.25, -0.2) is 0 Å². The maximum atomic E-state index is 12.6. The van der Waals surface area contributed by atoms with Crippen LogP contribution < -0.4 is 4.90 Å². The van der Waals surface area contributed by atoms with E-state index in [0.717, 1.165) is 30.1 Å². The monoisotopic (exact) mass is 302 g/mol. The molecule has 0 radical (unpaired) electrons. The number of rotatable bonds is 4. The van der Waals surface area contributed by atoms with E-state index in [0.29, 0.717) is 5.75 Å². The van der Waals surface area contributed by atoms with Crippen molar-refractivity contribution in [3.8, 4) is 0 Å². The third-order valence-electron chi connectivity index (χ3n) is 3.66. The molecule has 0 bridgehead atoms. The number of hydrogen-bond acceptors (Lipinski definition) is 4. The molecule has 0 N–H and O–H groups in total. The lowest BCUT2D eigenvalue weighted by Gasteiger charge is -2.21. The van der Waals surface area contributed by atoms with Gasteiger partial charge in [0.25, 0.3) is 0 Å². The summed E-state index contributed by atoms with van der Waals surface area (Å²) in [7, 11) is 0. The second kappa shape index (κ2) is 5.93. The van der Waals surface area contributed by atoms with E-state index in [-0.39, 0.29) is 11.2 Å². The molecule has 0 saturated carbocycles. The molecule has 1 amide bonds. The van der Waals surface area contributed by atoms with Gasteiger partial charge in [0.2, 0.25) is 5.91 Å². The highest BCUT2D eigenvalue weighted by atomic mass is 32.2. The summed E-state index contributed by atoms with van der Waals surface area (Å²) in [5, 5.41) is 3.87. The van der Waals surface area contributed by atoms with E-state index in [2.05, 4.69) is 11.2 Å². The van der Waals surface area contributed by atoms with Gasteiger partial charge >= 0.3 is 0 Å². The van der Waals surface area contributed by atoms with Crippen molar-refractivity contribution in [2.75, 3.05) is 11.4 Å². The minimum atomic E-state index is -0.0897. The fourth-order valence-electron chi connectivity index (χ4n) is 2.55. The number of nitrogens with zero attached hydrogens (tertiary/aromatic N) is 2. The molecule has 110 valence electrons. The van der Waals surface area contributed by atoms with Crippen LogP contribution in [0.4, 0.5) is 5.69 Å². The third-order valence-corrected chi connectivity index (χ3v) is 4.82. The summed E-state index contributed by atoms with van der Waals surface area (Å²) in [5.74, 6) is 1.67. The summed E-state index contributed by atoms with van der Waals surface area (Å²) in [6.07, 6.45) is 0.946. The Bertz CT molecular complexity index is 653. The van der Waals surface area contributed by atoms with E-state index in [1.807, 2.05) is 43.0 Å². The average molecular weight is 302 g/mol. The number of aromatic nitrogens is 1. The minimum absolute atomic E-state index is 0.0897. The van der Waals surface area contributed by atoms with Gasteiger partial charge < -0.3 is 9.42 Å². The molecule has 0 spiro atoms. The Morgan fingerprint density at radius 3 is 3.05 bits per heavy atom. The molecular formula is C16H18N2O2S. The Kier molecular flexibility index (Phi) is 4.01. The van der Waals surface area contributed by atoms with Crippen molar-refractivity contribution >= 4 is 23.4 Å². The Balaban J connectivity index is 1.63. The van der Waals surface area contributed by atoms with Crippen molar-refractivity contribution in [1.82, 2.24) is 5.16 Å². The van der Waals surface area contributed by atoms with Crippen LogP contribution in [-0.4, -0.2) is 22.9 Å². The molecule has 2 heterocycles. The number of fused-ring (bicyclic) bond motifs is 1. The van der Waals surface area contributed by atoms with E-state index >= 15 is 0 Å². The van der Waals surface area contributed by atoms with Crippen LogP contribution in [-0.2, 0) is 17.0 Å². The van der Waals surface area contributed by atoms with Crippen molar-refractivity contribution in [3.63, 3.8) is 0 Å². The van der Waals surface area contributed by atoms with Crippen LogP contribution in [0.5, 0.6) is 0 Å². The van der Waals surface area contributed by atoms with Crippen LogP contribution in [0.15, 0.2) is 34.9 Å². The molecule has 1 aromatic carbocycles. The zero-order chi connectivity index (χ0) is 14.8. The van der Waals surface area contributed by atoms with Crippen LogP contribution in [0.25, 0.3) is 0 Å². The van der Waals surface area contributed by atoms with E-state index < -0.39 is 0 Å². The first-order valence-electron chi connectivity index (χ1n) is 7.08. The maximum Gasteiger partial charge on any atom is 0.239 e. The minimum Gasteiger partial charge on any atom is -0.361 e. The second-order valence-corrected chi connectivity index (χ2v) is 6.58. The van der Waals surface area contributed by atoms with Gasteiger partial charge in [-0.3, -0.25) is 4.79 Å². The lowest BCUT2D eigenvalue weighted by Crippen LogP contribution is -2.35. The summed E-state index contributed by atoms with van der Waals surface area (Å²) >= 11 is 1.60. The number of anilines is 1. The molecule has 0 aliphatic carbocycles. The number of aryl methyl sites for hydroxylation is 1. The zero-order valence-electron chi connectivity index (χ0n) is 12.2.